The number of pyridine rings is 1. The van der Waals surface area contributed by atoms with Crippen LogP contribution in [0.4, 0.5) is 10.1 Å². The first kappa shape index (κ1) is 19.8. The Kier molecular flexibility index (Phi) is 5.03. The fourth-order valence-corrected chi connectivity index (χ4v) is 5.38. The van der Waals surface area contributed by atoms with E-state index in [0.29, 0.717) is 10.8 Å². The highest BCUT2D eigenvalue weighted by molar-refractivity contribution is 7.80. The van der Waals surface area contributed by atoms with E-state index in [9.17, 15) is 4.39 Å². The first-order chi connectivity index (χ1) is 15.1. The minimum atomic E-state index is -0.313. The summed E-state index contributed by atoms with van der Waals surface area (Å²) >= 11 is 7.28. The van der Waals surface area contributed by atoms with Gasteiger partial charge in [-0.15, -0.1) is 11.3 Å². The summed E-state index contributed by atoms with van der Waals surface area (Å²) in [6.45, 7) is 4.13. The van der Waals surface area contributed by atoms with Gasteiger partial charge < -0.3 is 10.2 Å². The van der Waals surface area contributed by atoms with E-state index in [1.807, 2.05) is 34.5 Å². The van der Waals surface area contributed by atoms with E-state index in [1.54, 1.807) is 35.9 Å². The number of benzene rings is 1. The normalized spacial score (nSPS) is 18.4. The van der Waals surface area contributed by atoms with Crippen molar-refractivity contribution in [1.29, 1.82) is 0 Å². The Morgan fingerprint density at radius 2 is 1.87 bits per heavy atom. The van der Waals surface area contributed by atoms with Crippen molar-refractivity contribution in [1.82, 2.24) is 19.9 Å². The third kappa shape index (κ3) is 3.32. The molecule has 0 spiro atoms. The molecule has 0 aliphatic carbocycles. The number of thiocarbonyl (C=S) groups is 1. The standard InChI is InChI=1S/C23H20FN5S2/c1-14-13-16(15(2)28(14)23-26-11-12-31-23)21-20(18-8-5-6-10-25-18)27-22(30)29(21)19-9-4-3-7-17(19)24/h3-13,20-21H,1-2H3,(H,27,30)/t20-,21-/m0/s1. The average Bonchev–Trinajstić information content (AvgIpc) is 3.47. The fourth-order valence-electron chi connectivity index (χ4n) is 4.29. The van der Waals surface area contributed by atoms with Crippen LogP contribution in [0.3, 0.4) is 0 Å². The minimum Gasteiger partial charge on any atom is -0.351 e. The lowest BCUT2D eigenvalue weighted by atomic mass is 9.96. The maximum absolute atomic E-state index is 14.9. The molecule has 4 aromatic rings. The number of hydrogen-bond acceptors (Lipinski definition) is 4. The Bertz CT molecular complexity index is 1240. The van der Waals surface area contributed by atoms with E-state index in [1.165, 1.54) is 6.07 Å². The van der Waals surface area contributed by atoms with Gasteiger partial charge in [-0.05, 0) is 62.0 Å². The molecule has 1 aliphatic rings. The number of anilines is 1. The molecular weight excluding hydrogens is 429 g/mol. The second-order valence-electron chi connectivity index (χ2n) is 7.42. The lowest BCUT2D eigenvalue weighted by Gasteiger charge is -2.28. The third-order valence-corrected chi connectivity index (χ3v) is 6.68. The minimum absolute atomic E-state index is 0.224. The zero-order chi connectivity index (χ0) is 21.5. The molecular formula is C23H20FN5S2. The second kappa shape index (κ2) is 7.86. The number of aryl methyl sites for hydroxylation is 1. The van der Waals surface area contributed by atoms with Crippen LogP contribution >= 0.6 is 23.6 Å². The zero-order valence-corrected chi connectivity index (χ0v) is 18.6. The SMILES string of the molecule is Cc1cc([C@H]2[C@H](c3ccccn3)NC(=S)N2c2ccccc2F)c(C)n1-c1nccs1. The van der Waals surface area contributed by atoms with Gasteiger partial charge in [-0.3, -0.25) is 9.55 Å². The summed E-state index contributed by atoms with van der Waals surface area (Å²) in [6.07, 6.45) is 3.56. The summed E-state index contributed by atoms with van der Waals surface area (Å²) < 4.78 is 17.0. The van der Waals surface area contributed by atoms with Crippen molar-refractivity contribution in [3.8, 4) is 5.13 Å². The molecule has 5 rings (SSSR count). The van der Waals surface area contributed by atoms with Gasteiger partial charge in [0.1, 0.15) is 5.82 Å². The topological polar surface area (TPSA) is 46.0 Å². The summed E-state index contributed by atoms with van der Waals surface area (Å²) in [4.78, 5) is 10.9. The number of nitrogens with one attached hydrogen (secondary N) is 1. The lowest BCUT2D eigenvalue weighted by Crippen LogP contribution is -2.30. The molecule has 31 heavy (non-hydrogen) atoms. The molecule has 1 fully saturated rings. The Morgan fingerprint density at radius 1 is 1.06 bits per heavy atom. The molecule has 1 aromatic carbocycles. The maximum Gasteiger partial charge on any atom is 0.193 e. The van der Waals surface area contributed by atoms with Gasteiger partial charge >= 0.3 is 0 Å². The Morgan fingerprint density at radius 3 is 2.58 bits per heavy atom. The van der Waals surface area contributed by atoms with E-state index in [4.69, 9.17) is 12.2 Å². The van der Waals surface area contributed by atoms with E-state index in [2.05, 4.69) is 39.8 Å². The summed E-state index contributed by atoms with van der Waals surface area (Å²) in [7, 11) is 0. The van der Waals surface area contributed by atoms with Gasteiger partial charge in [0.05, 0.1) is 23.5 Å². The predicted molar refractivity (Wildman–Crippen MR) is 125 cm³/mol. The van der Waals surface area contributed by atoms with Gasteiger partial charge in [0.25, 0.3) is 0 Å². The number of halogens is 1. The highest BCUT2D eigenvalue weighted by Crippen LogP contribution is 2.44. The fraction of sp³-hybridized carbons (Fsp3) is 0.174. The molecule has 5 nitrogen and oxygen atoms in total. The van der Waals surface area contributed by atoms with Gasteiger partial charge in [0.2, 0.25) is 0 Å². The van der Waals surface area contributed by atoms with Gasteiger partial charge in [-0.25, -0.2) is 9.37 Å². The van der Waals surface area contributed by atoms with E-state index in [0.717, 1.165) is 27.8 Å². The van der Waals surface area contributed by atoms with Gasteiger partial charge in [0, 0.05) is 29.2 Å². The second-order valence-corrected chi connectivity index (χ2v) is 8.68. The van der Waals surface area contributed by atoms with Gasteiger partial charge in [-0.1, -0.05) is 18.2 Å². The quantitative estimate of drug-likeness (QED) is 0.431. The van der Waals surface area contributed by atoms with Crippen molar-refractivity contribution >= 4 is 34.4 Å². The number of thiazole rings is 1. The Hall–Kier alpha value is -3.10. The molecule has 4 heterocycles. The summed E-state index contributed by atoms with van der Waals surface area (Å²) in [5.74, 6) is -0.313. The number of aromatic nitrogens is 3. The Labute approximate surface area is 189 Å². The molecule has 0 saturated carbocycles. The number of hydrogen-bond donors (Lipinski definition) is 1. The summed E-state index contributed by atoms with van der Waals surface area (Å²) in [6, 6.07) is 14.2. The van der Waals surface area contributed by atoms with Crippen LogP contribution < -0.4 is 10.2 Å². The van der Waals surface area contributed by atoms with Crippen molar-refractivity contribution in [3.05, 3.63) is 94.8 Å². The molecule has 1 N–H and O–H groups in total. The predicted octanol–water partition coefficient (Wildman–Crippen LogP) is 5.26. The highest BCUT2D eigenvalue weighted by Gasteiger charge is 2.43. The Balaban J connectivity index is 1.70. The van der Waals surface area contributed by atoms with Gasteiger partial charge in [0.15, 0.2) is 10.2 Å². The summed E-state index contributed by atoms with van der Waals surface area (Å²) in [5.41, 5.74) is 4.47. The molecule has 1 saturated heterocycles. The van der Waals surface area contributed by atoms with Crippen LogP contribution in [0.25, 0.3) is 5.13 Å². The highest BCUT2D eigenvalue weighted by atomic mass is 32.1. The first-order valence-electron chi connectivity index (χ1n) is 9.90. The van der Waals surface area contributed by atoms with E-state index >= 15 is 0 Å². The third-order valence-electron chi connectivity index (χ3n) is 5.61. The molecule has 0 unspecified atom stereocenters. The van der Waals surface area contributed by atoms with Crippen molar-refractivity contribution in [2.45, 2.75) is 25.9 Å². The van der Waals surface area contributed by atoms with E-state index < -0.39 is 0 Å². The molecule has 1 aliphatic heterocycles. The van der Waals surface area contributed by atoms with Crippen LogP contribution in [-0.4, -0.2) is 19.6 Å². The lowest BCUT2D eigenvalue weighted by molar-refractivity contribution is 0.556. The van der Waals surface area contributed by atoms with Crippen LogP contribution in [0.15, 0.2) is 66.3 Å². The molecule has 156 valence electrons. The van der Waals surface area contributed by atoms with Crippen LogP contribution in [0.5, 0.6) is 0 Å². The largest absolute Gasteiger partial charge is 0.351 e. The van der Waals surface area contributed by atoms with Crippen molar-refractivity contribution in [2.24, 2.45) is 0 Å². The van der Waals surface area contributed by atoms with Crippen LogP contribution in [0.1, 0.15) is 34.7 Å². The molecule has 8 heteroatoms. The average molecular weight is 450 g/mol. The molecule has 2 atom stereocenters. The molecule has 0 bridgehead atoms. The van der Waals surface area contributed by atoms with Crippen LogP contribution in [-0.2, 0) is 0 Å². The van der Waals surface area contributed by atoms with Crippen LogP contribution in [0.2, 0.25) is 0 Å². The maximum atomic E-state index is 14.9. The van der Waals surface area contributed by atoms with Crippen molar-refractivity contribution < 1.29 is 4.39 Å². The smallest absolute Gasteiger partial charge is 0.193 e. The number of para-hydroxylation sites is 1. The van der Waals surface area contributed by atoms with Gasteiger partial charge in [-0.2, -0.15) is 0 Å². The molecule has 0 radical (unpaired) electrons. The zero-order valence-electron chi connectivity index (χ0n) is 17.0. The summed E-state index contributed by atoms with van der Waals surface area (Å²) in [5, 5.41) is 6.73. The van der Waals surface area contributed by atoms with Crippen LogP contribution in [0, 0.1) is 19.7 Å². The van der Waals surface area contributed by atoms with Crippen molar-refractivity contribution in [3.63, 3.8) is 0 Å². The monoisotopic (exact) mass is 449 g/mol. The number of nitrogens with zero attached hydrogens (tertiary/aromatic N) is 4. The van der Waals surface area contributed by atoms with Crippen molar-refractivity contribution in [2.75, 3.05) is 4.90 Å². The van der Waals surface area contributed by atoms with E-state index in [-0.39, 0.29) is 17.9 Å². The molecule has 0 amide bonds. The first-order valence-corrected chi connectivity index (χ1v) is 11.2. The number of rotatable bonds is 4. The molecule has 3 aromatic heterocycles.